The number of carbonyl (C=O) groups excluding carboxylic acids is 3. The lowest BCUT2D eigenvalue weighted by molar-refractivity contribution is -0.139. The molecular formula is C24H26N2O6. The number of alkyl carbamates (subject to hydrolysis) is 1. The predicted molar refractivity (Wildman–Crippen MR) is 116 cm³/mol. The van der Waals surface area contributed by atoms with E-state index in [0.29, 0.717) is 36.9 Å². The third-order valence-corrected chi connectivity index (χ3v) is 5.31. The van der Waals surface area contributed by atoms with Gasteiger partial charge in [0.15, 0.2) is 0 Å². The molecule has 0 saturated carbocycles. The highest BCUT2D eigenvalue weighted by Gasteiger charge is 2.34. The Bertz CT molecular complexity index is 940. The van der Waals surface area contributed by atoms with Gasteiger partial charge in [0.1, 0.15) is 12.6 Å². The Morgan fingerprint density at radius 2 is 1.47 bits per heavy atom. The number of ether oxygens (including phenoxy) is 1. The highest BCUT2D eigenvalue weighted by molar-refractivity contribution is 6.21. The summed E-state index contributed by atoms with van der Waals surface area (Å²) in [6, 6.07) is 14.9. The Kier molecular flexibility index (Phi) is 7.96. The number of carbonyl (C=O) groups is 4. The number of carboxylic acids is 1. The van der Waals surface area contributed by atoms with Crippen molar-refractivity contribution in [3.8, 4) is 0 Å². The van der Waals surface area contributed by atoms with Crippen LogP contribution in [-0.4, -0.2) is 46.5 Å². The van der Waals surface area contributed by atoms with Gasteiger partial charge >= 0.3 is 12.1 Å². The van der Waals surface area contributed by atoms with Crippen molar-refractivity contribution in [2.24, 2.45) is 0 Å². The van der Waals surface area contributed by atoms with E-state index in [1.807, 2.05) is 30.3 Å². The summed E-state index contributed by atoms with van der Waals surface area (Å²) < 4.78 is 5.07. The van der Waals surface area contributed by atoms with Gasteiger partial charge in [-0.2, -0.15) is 0 Å². The average molecular weight is 438 g/mol. The number of aliphatic carboxylic acids is 1. The minimum Gasteiger partial charge on any atom is -0.480 e. The number of nitrogens with one attached hydrogen (secondary N) is 1. The van der Waals surface area contributed by atoms with Crippen LogP contribution in [0.2, 0.25) is 0 Å². The first kappa shape index (κ1) is 23.0. The van der Waals surface area contributed by atoms with Gasteiger partial charge in [-0.15, -0.1) is 0 Å². The van der Waals surface area contributed by atoms with Gasteiger partial charge in [0, 0.05) is 6.54 Å². The third kappa shape index (κ3) is 5.94. The van der Waals surface area contributed by atoms with Gasteiger partial charge in [-0.3, -0.25) is 14.5 Å². The van der Waals surface area contributed by atoms with Crippen LogP contribution >= 0.6 is 0 Å². The SMILES string of the molecule is O=C(NC(CCCCCCN1C(=O)c2ccccc2C1=O)C(=O)O)OCc1ccccc1. The zero-order valence-electron chi connectivity index (χ0n) is 17.7. The van der Waals surface area contributed by atoms with Gasteiger partial charge in [-0.25, -0.2) is 9.59 Å². The van der Waals surface area contributed by atoms with E-state index >= 15 is 0 Å². The first-order valence-corrected chi connectivity index (χ1v) is 10.6. The van der Waals surface area contributed by atoms with Crippen LogP contribution < -0.4 is 5.32 Å². The van der Waals surface area contributed by atoms with Gasteiger partial charge in [-0.05, 0) is 30.5 Å². The summed E-state index contributed by atoms with van der Waals surface area (Å²) in [5, 5.41) is 11.7. The van der Waals surface area contributed by atoms with Crippen molar-refractivity contribution in [1.82, 2.24) is 10.2 Å². The summed E-state index contributed by atoms with van der Waals surface area (Å²) in [5.74, 6) is -1.66. The van der Waals surface area contributed by atoms with Crippen molar-refractivity contribution < 1.29 is 29.0 Å². The Balaban J connectivity index is 1.34. The van der Waals surface area contributed by atoms with Crippen LogP contribution in [0.15, 0.2) is 54.6 Å². The molecule has 1 unspecified atom stereocenters. The summed E-state index contributed by atoms with van der Waals surface area (Å²) in [6.45, 7) is 0.398. The van der Waals surface area contributed by atoms with Gasteiger partial charge in [-0.1, -0.05) is 61.7 Å². The van der Waals surface area contributed by atoms with E-state index in [4.69, 9.17) is 4.74 Å². The second-order valence-electron chi connectivity index (χ2n) is 7.61. The van der Waals surface area contributed by atoms with Gasteiger partial charge < -0.3 is 15.2 Å². The lowest BCUT2D eigenvalue weighted by atomic mass is 10.1. The van der Waals surface area contributed by atoms with Gasteiger partial charge in [0.05, 0.1) is 11.1 Å². The standard InChI is InChI=1S/C24H26N2O6/c27-21-18-12-7-8-13-19(18)22(28)26(21)15-9-2-1-6-14-20(23(29)30)25-24(31)32-16-17-10-4-3-5-11-17/h3-5,7-8,10-13,20H,1-2,6,9,14-16H2,(H,25,31)(H,29,30). The average Bonchev–Trinajstić information content (AvgIpc) is 3.04. The molecule has 3 amide bonds. The Morgan fingerprint density at radius 3 is 2.09 bits per heavy atom. The van der Waals surface area contributed by atoms with Crippen molar-refractivity contribution >= 4 is 23.9 Å². The number of imide groups is 1. The number of amides is 3. The molecule has 0 bridgehead atoms. The molecule has 0 saturated heterocycles. The van der Waals surface area contributed by atoms with Crippen molar-refractivity contribution in [2.75, 3.05) is 6.54 Å². The lowest BCUT2D eigenvalue weighted by Crippen LogP contribution is -2.41. The molecule has 1 heterocycles. The van der Waals surface area contributed by atoms with E-state index in [0.717, 1.165) is 12.0 Å². The minimum absolute atomic E-state index is 0.0663. The van der Waals surface area contributed by atoms with E-state index < -0.39 is 18.1 Å². The number of nitrogens with zero attached hydrogens (tertiary/aromatic N) is 1. The first-order chi connectivity index (χ1) is 15.5. The highest BCUT2D eigenvalue weighted by atomic mass is 16.5. The fourth-order valence-electron chi connectivity index (χ4n) is 3.58. The third-order valence-electron chi connectivity index (χ3n) is 5.31. The number of hydrogen-bond acceptors (Lipinski definition) is 5. The Labute approximate surface area is 186 Å². The first-order valence-electron chi connectivity index (χ1n) is 10.6. The largest absolute Gasteiger partial charge is 0.480 e. The summed E-state index contributed by atoms with van der Waals surface area (Å²) in [4.78, 5) is 49.2. The summed E-state index contributed by atoms with van der Waals surface area (Å²) in [6.07, 6.45) is 2.16. The smallest absolute Gasteiger partial charge is 0.408 e. The number of rotatable bonds is 11. The summed E-state index contributed by atoms with van der Waals surface area (Å²) >= 11 is 0. The Morgan fingerprint density at radius 1 is 0.875 bits per heavy atom. The van der Waals surface area contributed by atoms with Crippen LogP contribution in [0.25, 0.3) is 0 Å². The van der Waals surface area contributed by atoms with E-state index in [2.05, 4.69) is 5.32 Å². The van der Waals surface area contributed by atoms with Crippen molar-refractivity contribution in [2.45, 2.75) is 44.8 Å². The molecule has 8 nitrogen and oxygen atoms in total. The van der Waals surface area contributed by atoms with E-state index in [-0.39, 0.29) is 24.8 Å². The van der Waals surface area contributed by atoms with E-state index in [9.17, 15) is 24.3 Å². The molecule has 2 aromatic rings. The number of benzene rings is 2. The van der Waals surface area contributed by atoms with Crippen LogP contribution in [0.4, 0.5) is 4.79 Å². The van der Waals surface area contributed by atoms with Crippen molar-refractivity contribution in [3.05, 3.63) is 71.3 Å². The number of fused-ring (bicyclic) bond motifs is 1. The molecular weight excluding hydrogens is 412 g/mol. The normalized spacial score (nSPS) is 13.6. The van der Waals surface area contributed by atoms with Crippen LogP contribution in [0, 0.1) is 0 Å². The maximum atomic E-state index is 12.3. The van der Waals surface area contributed by atoms with Crippen LogP contribution in [0.5, 0.6) is 0 Å². The number of hydrogen-bond donors (Lipinski definition) is 2. The molecule has 2 N–H and O–H groups in total. The predicted octanol–water partition coefficient (Wildman–Crippen LogP) is 3.61. The molecule has 0 radical (unpaired) electrons. The molecule has 8 heteroatoms. The van der Waals surface area contributed by atoms with Crippen molar-refractivity contribution in [3.63, 3.8) is 0 Å². The lowest BCUT2D eigenvalue weighted by Gasteiger charge is -2.15. The molecule has 1 atom stereocenters. The van der Waals surface area contributed by atoms with Gasteiger partial charge in [0.2, 0.25) is 0 Å². The highest BCUT2D eigenvalue weighted by Crippen LogP contribution is 2.23. The fraction of sp³-hybridized carbons (Fsp3) is 0.333. The molecule has 2 aromatic carbocycles. The molecule has 0 spiro atoms. The maximum Gasteiger partial charge on any atom is 0.408 e. The molecule has 3 rings (SSSR count). The minimum atomic E-state index is -1.12. The zero-order valence-corrected chi connectivity index (χ0v) is 17.7. The quantitative estimate of drug-likeness (QED) is 0.409. The fourth-order valence-corrected chi connectivity index (χ4v) is 3.58. The monoisotopic (exact) mass is 438 g/mol. The molecule has 1 aliphatic heterocycles. The zero-order chi connectivity index (χ0) is 22.9. The molecule has 0 aromatic heterocycles. The van der Waals surface area contributed by atoms with E-state index in [1.165, 1.54) is 4.90 Å². The Hall–Kier alpha value is -3.68. The molecule has 0 aliphatic carbocycles. The van der Waals surface area contributed by atoms with Crippen LogP contribution in [-0.2, 0) is 16.1 Å². The second kappa shape index (κ2) is 11.1. The second-order valence-corrected chi connectivity index (χ2v) is 7.61. The summed E-state index contributed by atoms with van der Waals surface area (Å²) in [7, 11) is 0. The maximum absolute atomic E-state index is 12.3. The van der Waals surface area contributed by atoms with Crippen LogP contribution in [0.3, 0.4) is 0 Å². The van der Waals surface area contributed by atoms with Crippen molar-refractivity contribution in [1.29, 1.82) is 0 Å². The number of carboxylic acid groups (broad SMARTS) is 1. The summed E-state index contributed by atoms with van der Waals surface area (Å²) in [5.41, 5.74) is 1.69. The topological polar surface area (TPSA) is 113 Å². The van der Waals surface area contributed by atoms with E-state index in [1.54, 1.807) is 24.3 Å². The molecule has 32 heavy (non-hydrogen) atoms. The molecule has 0 fully saturated rings. The molecule has 168 valence electrons. The molecule has 1 aliphatic rings. The van der Waals surface area contributed by atoms with Crippen LogP contribution in [0.1, 0.15) is 58.4 Å². The van der Waals surface area contributed by atoms with Gasteiger partial charge in [0.25, 0.3) is 11.8 Å². The number of unbranched alkanes of at least 4 members (excludes halogenated alkanes) is 3.